The van der Waals surface area contributed by atoms with E-state index in [0.29, 0.717) is 0 Å². The number of allylic oxidation sites excluding steroid dienone is 1. The number of hydrogen-bond acceptors (Lipinski definition) is 0. The lowest BCUT2D eigenvalue weighted by molar-refractivity contribution is 1.10. The summed E-state index contributed by atoms with van der Waals surface area (Å²) in [5.74, 6) is 0. The first-order valence-electron chi connectivity index (χ1n) is 17.5. The zero-order chi connectivity index (χ0) is 34.3. The molecule has 0 saturated heterocycles. The van der Waals surface area contributed by atoms with E-state index in [0.717, 1.165) is 16.9 Å². The molecule has 9 aromatic rings. The van der Waals surface area contributed by atoms with Crippen LogP contribution in [0.1, 0.15) is 18.2 Å². The molecule has 0 aliphatic heterocycles. The van der Waals surface area contributed by atoms with E-state index in [1.165, 1.54) is 71.8 Å². The van der Waals surface area contributed by atoms with Crippen LogP contribution in [-0.4, -0.2) is 9.13 Å². The highest BCUT2D eigenvalue weighted by Crippen LogP contribution is 2.35. The van der Waals surface area contributed by atoms with Crippen LogP contribution >= 0.6 is 0 Å². The van der Waals surface area contributed by atoms with Crippen LogP contribution in [0.15, 0.2) is 183 Å². The Bertz CT molecular complexity index is 2660. The monoisotopic (exact) mass is 652 g/mol. The third-order valence-corrected chi connectivity index (χ3v) is 10.1. The Morgan fingerprint density at radius 3 is 1.12 bits per heavy atom. The minimum Gasteiger partial charge on any atom is -0.309 e. The van der Waals surface area contributed by atoms with Gasteiger partial charge in [-0.2, -0.15) is 0 Å². The van der Waals surface area contributed by atoms with Crippen LogP contribution in [0.25, 0.3) is 89.6 Å². The lowest BCUT2D eigenvalue weighted by atomic mass is 9.98. The third-order valence-electron chi connectivity index (χ3n) is 10.1. The normalized spacial score (nSPS) is 11.6. The van der Waals surface area contributed by atoms with Crippen molar-refractivity contribution < 1.29 is 0 Å². The van der Waals surface area contributed by atoms with Crippen molar-refractivity contribution in [3.8, 4) is 44.8 Å². The van der Waals surface area contributed by atoms with Gasteiger partial charge in [-0.15, -0.1) is 0 Å². The maximum atomic E-state index is 4.11. The van der Waals surface area contributed by atoms with E-state index in [-0.39, 0.29) is 0 Å². The number of hydrogen-bond donors (Lipinski definition) is 0. The molecule has 0 fully saturated rings. The second kappa shape index (κ2) is 12.7. The van der Waals surface area contributed by atoms with Crippen LogP contribution in [0.4, 0.5) is 0 Å². The quantitative estimate of drug-likeness (QED) is 0.162. The molecule has 0 amide bonds. The lowest BCUT2D eigenvalue weighted by Gasteiger charge is -2.11. The van der Waals surface area contributed by atoms with Gasteiger partial charge in [0.2, 0.25) is 0 Å². The molecule has 0 spiro atoms. The SMILES string of the molecule is C=Cc1c(/C=C\C)n(-c2ccc(-c3ccc(-c4ccc(-c5ccc(-n6c7ccccc7c7ccccc76)cc5)cc4)cc3)cc2)c2ccccc12. The number of nitrogens with zero attached hydrogens (tertiary/aromatic N) is 2. The van der Waals surface area contributed by atoms with E-state index in [9.17, 15) is 0 Å². The average molecular weight is 653 g/mol. The predicted octanol–water partition coefficient (Wildman–Crippen LogP) is 13.4. The molecule has 51 heavy (non-hydrogen) atoms. The lowest BCUT2D eigenvalue weighted by Crippen LogP contribution is -1.97. The summed E-state index contributed by atoms with van der Waals surface area (Å²) in [6.45, 7) is 6.17. The largest absolute Gasteiger partial charge is 0.309 e. The summed E-state index contributed by atoms with van der Waals surface area (Å²) < 4.78 is 4.68. The number of fused-ring (bicyclic) bond motifs is 4. The van der Waals surface area contributed by atoms with Crippen LogP contribution in [-0.2, 0) is 0 Å². The van der Waals surface area contributed by atoms with E-state index in [4.69, 9.17) is 0 Å². The molecule has 2 nitrogen and oxygen atoms in total. The Morgan fingerprint density at radius 1 is 0.392 bits per heavy atom. The smallest absolute Gasteiger partial charge is 0.0541 e. The highest BCUT2D eigenvalue weighted by Gasteiger charge is 2.15. The summed E-state index contributed by atoms with van der Waals surface area (Å²) in [5.41, 5.74) is 15.5. The standard InChI is InChI=1S/C49H36N2/c1-3-11-46-42(4-2)43-12-5-8-15-47(43)50(46)40-30-26-38(27-31-40)36-22-18-34(19-23-36)35-20-24-37(25-21-35)39-28-32-41(33-29-39)51-48-16-9-6-13-44(48)45-14-7-10-17-49(45)51/h3-33H,2H2,1H3/b11-3-. The molecule has 2 heterocycles. The Balaban J connectivity index is 0.950. The summed E-state index contributed by atoms with van der Waals surface area (Å²) in [5, 5.41) is 3.77. The van der Waals surface area contributed by atoms with Gasteiger partial charge >= 0.3 is 0 Å². The van der Waals surface area contributed by atoms with Gasteiger partial charge in [0.15, 0.2) is 0 Å². The van der Waals surface area contributed by atoms with E-state index in [2.05, 4.69) is 205 Å². The summed E-state index contributed by atoms with van der Waals surface area (Å²) in [7, 11) is 0. The third kappa shape index (κ3) is 5.21. The molecule has 0 unspecified atom stereocenters. The van der Waals surface area contributed by atoms with Gasteiger partial charge in [0.05, 0.1) is 22.2 Å². The molecule has 2 aromatic heterocycles. The molecule has 0 bridgehead atoms. The molecule has 0 aliphatic carbocycles. The average Bonchev–Trinajstić information content (AvgIpc) is 3.70. The first-order chi connectivity index (χ1) is 25.2. The Labute approximate surface area is 298 Å². The van der Waals surface area contributed by atoms with Gasteiger partial charge in [0.25, 0.3) is 0 Å². The van der Waals surface area contributed by atoms with E-state index < -0.39 is 0 Å². The van der Waals surface area contributed by atoms with Crippen molar-refractivity contribution in [3.63, 3.8) is 0 Å². The van der Waals surface area contributed by atoms with E-state index in [1.54, 1.807) is 0 Å². The molecule has 242 valence electrons. The molecule has 9 rings (SSSR count). The van der Waals surface area contributed by atoms with Crippen LogP contribution in [0.5, 0.6) is 0 Å². The van der Waals surface area contributed by atoms with Gasteiger partial charge in [0, 0.05) is 33.1 Å². The fraction of sp³-hybridized carbons (Fsp3) is 0.0204. The van der Waals surface area contributed by atoms with Crippen LogP contribution in [0.3, 0.4) is 0 Å². The number of para-hydroxylation sites is 3. The van der Waals surface area contributed by atoms with Crippen molar-refractivity contribution in [1.82, 2.24) is 9.13 Å². The van der Waals surface area contributed by atoms with Crippen molar-refractivity contribution in [2.75, 3.05) is 0 Å². The molecule has 2 heteroatoms. The second-order valence-corrected chi connectivity index (χ2v) is 13.0. The van der Waals surface area contributed by atoms with Crippen LogP contribution < -0.4 is 0 Å². The summed E-state index contributed by atoms with van der Waals surface area (Å²) in [6.07, 6.45) is 6.22. The van der Waals surface area contributed by atoms with Gasteiger partial charge < -0.3 is 9.13 Å². The first kappa shape index (κ1) is 30.4. The highest BCUT2D eigenvalue weighted by molar-refractivity contribution is 6.09. The van der Waals surface area contributed by atoms with Gasteiger partial charge in [-0.25, -0.2) is 0 Å². The maximum Gasteiger partial charge on any atom is 0.0541 e. The van der Waals surface area contributed by atoms with Crippen molar-refractivity contribution in [2.24, 2.45) is 0 Å². The molecule has 0 saturated carbocycles. The topological polar surface area (TPSA) is 9.86 Å². The zero-order valence-electron chi connectivity index (χ0n) is 28.5. The van der Waals surface area contributed by atoms with Crippen molar-refractivity contribution in [1.29, 1.82) is 0 Å². The van der Waals surface area contributed by atoms with Crippen LogP contribution in [0.2, 0.25) is 0 Å². The highest BCUT2D eigenvalue weighted by atomic mass is 15.0. The minimum atomic E-state index is 1.13. The second-order valence-electron chi connectivity index (χ2n) is 13.0. The van der Waals surface area contributed by atoms with Gasteiger partial charge in [-0.3, -0.25) is 0 Å². The van der Waals surface area contributed by atoms with E-state index >= 15 is 0 Å². The zero-order valence-corrected chi connectivity index (χ0v) is 28.5. The fourth-order valence-corrected chi connectivity index (χ4v) is 7.62. The summed E-state index contributed by atoms with van der Waals surface area (Å²) >= 11 is 0. The molecule has 0 N–H and O–H groups in total. The van der Waals surface area contributed by atoms with E-state index in [1.807, 2.05) is 6.08 Å². The first-order valence-corrected chi connectivity index (χ1v) is 17.5. The molecular formula is C49H36N2. The number of aromatic nitrogens is 2. The molecule has 0 atom stereocenters. The summed E-state index contributed by atoms with van der Waals surface area (Å²) in [4.78, 5) is 0. The van der Waals surface area contributed by atoms with Crippen molar-refractivity contribution >= 4 is 44.9 Å². The molecular weight excluding hydrogens is 617 g/mol. The number of benzene rings is 7. The predicted molar refractivity (Wildman–Crippen MR) is 219 cm³/mol. The van der Waals surface area contributed by atoms with Gasteiger partial charge in [-0.05, 0) is 88.8 Å². The van der Waals surface area contributed by atoms with Gasteiger partial charge in [-0.1, -0.05) is 146 Å². The molecule has 7 aromatic carbocycles. The van der Waals surface area contributed by atoms with Gasteiger partial charge in [0.1, 0.15) is 0 Å². The molecule has 0 radical (unpaired) electrons. The molecule has 0 aliphatic rings. The number of rotatable bonds is 7. The Kier molecular flexibility index (Phi) is 7.56. The van der Waals surface area contributed by atoms with Crippen molar-refractivity contribution in [3.05, 3.63) is 194 Å². The van der Waals surface area contributed by atoms with Crippen LogP contribution in [0, 0.1) is 0 Å². The summed E-state index contributed by atoms with van der Waals surface area (Å²) in [6, 6.07) is 61.4. The van der Waals surface area contributed by atoms with Crippen molar-refractivity contribution in [2.45, 2.75) is 6.92 Å². The fourth-order valence-electron chi connectivity index (χ4n) is 7.62. The maximum absolute atomic E-state index is 4.11. The Hall–Kier alpha value is -6.64. The Morgan fingerprint density at radius 2 is 0.725 bits per heavy atom. The minimum absolute atomic E-state index is 1.13.